The van der Waals surface area contributed by atoms with E-state index in [9.17, 15) is 0 Å². The van der Waals surface area contributed by atoms with Gasteiger partial charge in [-0.05, 0) is 25.7 Å². The standard InChI is InChI=1S/C20H40N2O3/c1-5-17(21-9-11-24-19(7-3)13-21)15-23-16-18(6-2)22-10-12-25-20(8-4)14-22/h17-20H,5-16H2,1-4H3. The van der Waals surface area contributed by atoms with Crippen LogP contribution in [0.4, 0.5) is 0 Å². The zero-order valence-corrected chi connectivity index (χ0v) is 16.9. The average molecular weight is 357 g/mol. The van der Waals surface area contributed by atoms with E-state index in [0.29, 0.717) is 24.3 Å². The molecule has 2 aliphatic rings. The van der Waals surface area contributed by atoms with Crippen molar-refractivity contribution in [1.82, 2.24) is 9.80 Å². The lowest BCUT2D eigenvalue weighted by Gasteiger charge is -2.39. The van der Waals surface area contributed by atoms with Crippen molar-refractivity contribution in [3.63, 3.8) is 0 Å². The van der Waals surface area contributed by atoms with Crippen LogP contribution in [0.25, 0.3) is 0 Å². The van der Waals surface area contributed by atoms with Crippen LogP contribution in [-0.2, 0) is 14.2 Å². The number of nitrogens with zero attached hydrogens (tertiary/aromatic N) is 2. The molecular formula is C20H40N2O3. The summed E-state index contributed by atoms with van der Waals surface area (Å²) in [7, 11) is 0. The second kappa shape index (κ2) is 11.5. The van der Waals surface area contributed by atoms with Gasteiger partial charge >= 0.3 is 0 Å². The molecule has 5 heteroatoms. The first-order valence-electron chi connectivity index (χ1n) is 10.5. The molecule has 0 aromatic heterocycles. The maximum Gasteiger partial charge on any atom is 0.0700 e. The molecule has 2 heterocycles. The number of hydrogen-bond acceptors (Lipinski definition) is 5. The molecule has 4 unspecified atom stereocenters. The quantitative estimate of drug-likeness (QED) is 0.601. The van der Waals surface area contributed by atoms with Gasteiger partial charge in [-0.25, -0.2) is 0 Å². The molecule has 2 fully saturated rings. The zero-order valence-electron chi connectivity index (χ0n) is 16.9. The minimum Gasteiger partial charge on any atom is -0.378 e. The van der Waals surface area contributed by atoms with Crippen LogP contribution in [0.5, 0.6) is 0 Å². The van der Waals surface area contributed by atoms with Crippen molar-refractivity contribution >= 4 is 0 Å². The third kappa shape index (κ3) is 6.47. The van der Waals surface area contributed by atoms with Crippen LogP contribution in [-0.4, -0.2) is 86.7 Å². The van der Waals surface area contributed by atoms with Crippen molar-refractivity contribution in [1.29, 1.82) is 0 Å². The van der Waals surface area contributed by atoms with Gasteiger partial charge in [-0.2, -0.15) is 0 Å². The highest BCUT2D eigenvalue weighted by molar-refractivity contribution is 4.79. The maximum absolute atomic E-state index is 6.22. The molecule has 0 amide bonds. The number of morpholine rings is 2. The minimum atomic E-state index is 0.394. The van der Waals surface area contributed by atoms with Crippen molar-refractivity contribution in [3.05, 3.63) is 0 Å². The Morgan fingerprint density at radius 2 is 1.24 bits per heavy atom. The van der Waals surface area contributed by atoms with E-state index in [4.69, 9.17) is 14.2 Å². The minimum absolute atomic E-state index is 0.394. The molecule has 0 aromatic carbocycles. The molecule has 2 rings (SSSR count). The van der Waals surface area contributed by atoms with Gasteiger partial charge in [0.1, 0.15) is 0 Å². The fourth-order valence-electron chi connectivity index (χ4n) is 3.94. The Hall–Kier alpha value is -0.200. The lowest BCUT2D eigenvalue weighted by atomic mass is 10.1. The van der Waals surface area contributed by atoms with Gasteiger partial charge in [-0.15, -0.1) is 0 Å². The predicted octanol–water partition coefficient (Wildman–Crippen LogP) is 2.78. The first-order valence-corrected chi connectivity index (χ1v) is 10.5. The lowest BCUT2D eigenvalue weighted by molar-refractivity contribution is -0.0740. The third-order valence-electron chi connectivity index (χ3n) is 5.85. The van der Waals surface area contributed by atoms with Crippen LogP contribution >= 0.6 is 0 Å². The zero-order chi connectivity index (χ0) is 18.1. The summed E-state index contributed by atoms with van der Waals surface area (Å²) < 4.78 is 17.8. The van der Waals surface area contributed by atoms with Crippen LogP contribution in [0.1, 0.15) is 53.4 Å². The molecule has 25 heavy (non-hydrogen) atoms. The number of rotatable bonds is 10. The van der Waals surface area contributed by atoms with Gasteiger partial charge in [0.05, 0.1) is 38.6 Å². The van der Waals surface area contributed by atoms with Crippen molar-refractivity contribution < 1.29 is 14.2 Å². The Morgan fingerprint density at radius 1 is 0.800 bits per heavy atom. The van der Waals surface area contributed by atoms with E-state index in [2.05, 4.69) is 37.5 Å². The Labute approximate surface area is 155 Å². The Kier molecular flexibility index (Phi) is 9.71. The monoisotopic (exact) mass is 356 g/mol. The van der Waals surface area contributed by atoms with E-state index >= 15 is 0 Å². The molecular weight excluding hydrogens is 316 g/mol. The summed E-state index contributed by atoms with van der Waals surface area (Å²) in [5.74, 6) is 0. The fourth-order valence-corrected chi connectivity index (χ4v) is 3.94. The molecule has 148 valence electrons. The molecule has 0 spiro atoms. The summed E-state index contributed by atoms with van der Waals surface area (Å²) >= 11 is 0. The van der Waals surface area contributed by atoms with E-state index < -0.39 is 0 Å². The van der Waals surface area contributed by atoms with E-state index in [1.807, 2.05) is 0 Å². The van der Waals surface area contributed by atoms with Crippen LogP contribution in [0, 0.1) is 0 Å². The molecule has 0 N–H and O–H groups in total. The highest BCUT2D eigenvalue weighted by atomic mass is 16.5. The molecule has 5 nitrogen and oxygen atoms in total. The SMILES string of the molecule is CCC1CN(C(CC)COCC(CC)N2CCOC(CC)C2)CCO1. The predicted molar refractivity (Wildman–Crippen MR) is 102 cm³/mol. The van der Waals surface area contributed by atoms with Gasteiger partial charge in [0.2, 0.25) is 0 Å². The first-order chi connectivity index (χ1) is 12.2. The van der Waals surface area contributed by atoms with Crippen LogP contribution in [0.15, 0.2) is 0 Å². The second-order valence-electron chi connectivity index (χ2n) is 7.45. The first kappa shape index (κ1) is 21.1. The van der Waals surface area contributed by atoms with E-state index in [0.717, 1.165) is 78.3 Å². The normalized spacial score (nSPS) is 28.8. The number of hydrogen-bond donors (Lipinski definition) is 0. The average Bonchev–Trinajstić information content (AvgIpc) is 2.68. The van der Waals surface area contributed by atoms with Crippen molar-refractivity contribution in [3.8, 4) is 0 Å². The van der Waals surface area contributed by atoms with Crippen LogP contribution in [0.3, 0.4) is 0 Å². The van der Waals surface area contributed by atoms with E-state index in [-0.39, 0.29) is 0 Å². The Bertz CT molecular complexity index is 324. The molecule has 0 bridgehead atoms. The highest BCUT2D eigenvalue weighted by Crippen LogP contribution is 2.16. The largest absolute Gasteiger partial charge is 0.378 e. The van der Waals surface area contributed by atoms with Crippen molar-refractivity contribution in [2.75, 3.05) is 52.6 Å². The Balaban J connectivity index is 1.76. The molecule has 2 aliphatic heterocycles. The molecule has 4 atom stereocenters. The molecule has 0 saturated carbocycles. The van der Waals surface area contributed by atoms with Gasteiger partial charge in [-0.1, -0.05) is 27.7 Å². The topological polar surface area (TPSA) is 34.2 Å². The van der Waals surface area contributed by atoms with Crippen LogP contribution in [0.2, 0.25) is 0 Å². The highest BCUT2D eigenvalue weighted by Gasteiger charge is 2.27. The lowest BCUT2D eigenvalue weighted by Crippen LogP contribution is -2.50. The van der Waals surface area contributed by atoms with E-state index in [1.54, 1.807) is 0 Å². The summed E-state index contributed by atoms with van der Waals surface area (Å²) in [6.45, 7) is 16.5. The van der Waals surface area contributed by atoms with Gasteiger partial charge < -0.3 is 14.2 Å². The molecule has 2 saturated heterocycles. The van der Waals surface area contributed by atoms with Crippen molar-refractivity contribution in [2.45, 2.75) is 77.7 Å². The van der Waals surface area contributed by atoms with Gasteiger partial charge in [-0.3, -0.25) is 9.80 Å². The van der Waals surface area contributed by atoms with Crippen LogP contribution < -0.4 is 0 Å². The van der Waals surface area contributed by atoms with Gasteiger partial charge in [0, 0.05) is 38.3 Å². The third-order valence-corrected chi connectivity index (χ3v) is 5.85. The smallest absolute Gasteiger partial charge is 0.0700 e. The van der Waals surface area contributed by atoms with Crippen molar-refractivity contribution in [2.24, 2.45) is 0 Å². The summed E-state index contributed by atoms with van der Waals surface area (Å²) in [5.41, 5.74) is 0. The molecule has 0 radical (unpaired) electrons. The molecule has 0 aliphatic carbocycles. The van der Waals surface area contributed by atoms with Gasteiger partial charge in [0.15, 0.2) is 0 Å². The summed E-state index contributed by atoms with van der Waals surface area (Å²) in [5, 5.41) is 0. The van der Waals surface area contributed by atoms with Gasteiger partial charge in [0.25, 0.3) is 0 Å². The summed E-state index contributed by atoms with van der Waals surface area (Å²) in [6, 6.07) is 1.03. The Morgan fingerprint density at radius 3 is 1.60 bits per heavy atom. The number of ether oxygens (including phenoxy) is 3. The van der Waals surface area contributed by atoms with E-state index in [1.165, 1.54) is 0 Å². The molecule has 0 aromatic rings. The fraction of sp³-hybridized carbons (Fsp3) is 1.00. The second-order valence-corrected chi connectivity index (χ2v) is 7.45. The summed E-state index contributed by atoms with van der Waals surface area (Å²) in [6.07, 6.45) is 5.27. The maximum atomic E-state index is 6.22. The summed E-state index contributed by atoms with van der Waals surface area (Å²) in [4.78, 5) is 5.14.